The van der Waals surface area contributed by atoms with E-state index < -0.39 is 5.54 Å². The minimum atomic E-state index is -0.815. The van der Waals surface area contributed by atoms with Gasteiger partial charge in [0.05, 0.1) is 6.10 Å². The van der Waals surface area contributed by atoms with Gasteiger partial charge in [-0.05, 0) is 24.8 Å². The van der Waals surface area contributed by atoms with Gasteiger partial charge in [-0.25, -0.2) is 0 Å². The molecule has 2 heterocycles. The Morgan fingerprint density at radius 3 is 2.85 bits per heavy atom. The molecule has 5 nitrogen and oxygen atoms in total. The molecule has 4 rings (SSSR count). The molecular weight excluding hydrogens is 326 g/mol. The maximum absolute atomic E-state index is 13.1. The number of carbonyl (C=O) groups excluding carboxylic acids is 1. The summed E-state index contributed by atoms with van der Waals surface area (Å²) in [6.07, 6.45) is 3.09. The van der Waals surface area contributed by atoms with Gasteiger partial charge in [0, 0.05) is 43.6 Å². The van der Waals surface area contributed by atoms with Gasteiger partial charge in [0.25, 0.3) is 0 Å². The molecule has 1 aromatic rings. The molecule has 2 aliphatic heterocycles. The first-order valence-electron chi connectivity index (χ1n) is 9.90. The summed E-state index contributed by atoms with van der Waals surface area (Å²) < 4.78 is 5.92. The highest BCUT2D eigenvalue weighted by atomic mass is 16.5. The summed E-state index contributed by atoms with van der Waals surface area (Å²) in [6, 6.07) is 10.7. The van der Waals surface area contributed by atoms with Crippen molar-refractivity contribution in [2.75, 3.05) is 19.7 Å². The fourth-order valence-electron chi connectivity index (χ4n) is 5.28. The molecule has 5 heteroatoms. The van der Waals surface area contributed by atoms with Crippen LogP contribution in [0.25, 0.3) is 0 Å². The lowest BCUT2D eigenvalue weighted by Crippen LogP contribution is -2.82. The van der Waals surface area contributed by atoms with E-state index in [1.807, 2.05) is 6.07 Å². The summed E-state index contributed by atoms with van der Waals surface area (Å²) in [5.74, 6) is 0.161. The molecule has 0 spiro atoms. The first kappa shape index (κ1) is 18.0. The number of hydrogen-bond donors (Lipinski definition) is 2. The maximum atomic E-state index is 13.1. The van der Waals surface area contributed by atoms with Crippen molar-refractivity contribution in [3.8, 4) is 0 Å². The van der Waals surface area contributed by atoms with Gasteiger partial charge in [-0.3, -0.25) is 9.69 Å². The van der Waals surface area contributed by atoms with Crippen LogP contribution in [0.15, 0.2) is 30.3 Å². The number of hydrogen-bond acceptors (Lipinski definition) is 4. The molecule has 3 aliphatic rings. The standard InChI is InChI=1S/C21H31N3O2/c1-20(2)18-17(9-6-12-26-18)21(20,22)19(25)23-16-10-11-24(14-16)13-15-7-4-3-5-8-15/h3-5,7-8,16-18H,6,9-14,22H2,1-2H3,(H,23,25). The Morgan fingerprint density at radius 1 is 1.31 bits per heavy atom. The van der Waals surface area contributed by atoms with Crippen molar-refractivity contribution in [3.05, 3.63) is 35.9 Å². The van der Waals surface area contributed by atoms with E-state index in [1.54, 1.807) is 0 Å². The third-order valence-corrected chi connectivity index (χ3v) is 6.92. The van der Waals surface area contributed by atoms with Gasteiger partial charge in [-0.15, -0.1) is 0 Å². The summed E-state index contributed by atoms with van der Waals surface area (Å²) in [4.78, 5) is 15.5. The van der Waals surface area contributed by atoms with E-state index in [0.717, 1.165) is 45.5 Å². The number of ether oxygens (including phenoxy) is 1. The van der Waals surface area contributed by atoms with Gasteiger partial charge in [0.15, 0.2) is 0 Å². The molecule has 1 aliphatic carbocycles. The van der Waals surface area contributed by atoms with Gasteiger partial charge in [-0.1, -0.05) is 44.2 Å². The fraction of sp³-hybridized carbons (Fsp3) is 0.667. The second-order valence-corrected chi connectivity index (χ2v) is 8.81. The highest BCUT2D eigenvalue weighted by Crippen LogP contribution is 2.57. The van der Waals surface area contributed by atoms with Crippen LogP contribution in [0.2, 0.25) is 0 Å². The maximum Gasteiger partial charge on any atom is 0.241 e. The third kappa shape index (κ3) is 2.77. The molecule has 3 N–H and O–H groups in total. The van der Waals surface area contributed by atoms with Gasteiger partial charge < -0.3 is 15.8 Å². The van der Waals surface area contributed by atoms with E-state index in [2.05, 4.69) is 48.3 Å². The Bertz CT molecular complexity index is 662. The molecule has 3 fully saturated rings. The van der Waals surface area contributed by atoms with Crippen molar-refractivity contribution in [2.24, 2.45) is 17.1 Å². The molecule has 0 bridgehead atoms. The summed E-state index contributed by atoms with van der Waals surface area (Å²) in [6.45, 7) is 7.78. The normalized spacial score (nSPS) is 36.2. The molecule has 1 saturated carbocycles. The molecule has 142 valence electrons. The average Bonchev–Trinajstić information content (AvgIpc) is 3.08. The van der Waals surface area contributed by atoms with E-state index in [1.165, 1.54) is 5.56 Å². The number of carbonyl (C=O) groups is 1. The lowest BCUT2D eigenvalue weighted by molar-refractivity contribution is -0.225. The zero-order chi connectivity index (χ0) is 18.4. The Labute approximate surface area is 156 Å². The quantitative estimate of drug-likeness (QED) is 0.864. The number of fused-ring (bicyclic) bond motifs is 1. The molecule has 0 radical (unpaired) electrons. The number of amides is 1. The van der Waals surface area contributed by atoms with Crippen LogP contribution in [0.1, 0.15) is 38.7 Å². The Kier molecular flexibility index (Phi) is 4.58. The molecule has 4 unspecified atom stereocenters. The van der Waals surface area contributed by atoms with Crippen LogP contribution >= 0.6 is 0 Å². The minimum absolute atomic E-state index is 0.0146. The second-order valence-electron chi connectivity index (χ2n) is 8.81. The first-order chi connectivity index (χ1) is 12.4. The monoisotopic (exact) mass is 357 g/mol. The van der Waals surface area contributed by atoms with Crippen LogP contribution in [0.3, 0.4) is 0 Å². The highest BCUT2D eigenvalue weighted by Gasteiger charge is 2.70. The van der Waals surface area contributed by atoms with Crippen LogP contribution in [-0.4, -0.2) is 48.2 Å². The van der Waals surface area contributed by atoms with Crippen LogP contribution < -0.4 is 11.1 Å². The van der Waals surface area contributed by atoms with Crippen LogP contribution in [0, 0.1) is 11.3 Å². The summed E-state index contributed by atoms with van der Waals surface area (Å²) in [5, 5.41) is 3.26. The second kappa shape index (κ2) is 6.63. The molecule has 1 aromatic carbocycles. The van der Waals surface area contributed by atoms with Crippen molar-refractivity contribution in [2.45, 2.75) is 57.3 Å². The number of likely N-dealkylation sites (tertiary alicyclic amines) is 1. The smallest absolute Gasteiger partial charge is 0.241 e. The number of benzene rings is 1. The van der Waals surface area contributed by atoms with Crippen LogP contribution in [0.4, 0.5) is 0 Å². The lowest BCUT2D eigenvalue weighted by atomic mass is 9.46. The minimum Gasteiger partial charge on any atom is -0.377 e. The predicted octanol–water partition coefficient (Wildman–Crippen LogP) is 1.91. The topological polar surface area (TPSA) is 67.6 Å². The SMILES string of the molecule is CC1(C)C2OCCCC2C1(N)C(=O)NC1CCN(Cc2ccccc2)C1. The highest BCUT2D eigenvalue weighted by molar-refractivity contribution is 5.89. The Morgan fingerprint density at radius 2 is 2.08 bits per heavy atom. The van der Waals surface area contributed by atoms with Gasteiger partial charge >= 0.3 is 0 Å². The summed E-state index contributed by atoms with van der Waals surface area (Å²) in [7, 11) is 0. The number of nitrogens with one attached hydrogen (secondary N) is 1. The van der Waals surface area contributed by atoms with Gasteiger partial charge in [0.1, 0.15) is 5.54 Å². The van der Waals surface area contributed by atoms with Crippen LogP contribution in [0.5, 0.6) is 0 Å². The van der Waals surface area contributed by atoms with Gasteiger partial charge in [0.2, 0.25) is 5.91 Å². The zero-order valence-corrected chi connectivity index (χ0v) is 15.9. The molecule has 1 amide bonds. The third-order valence-electron chi connectivity index (χ3n) is 6.92. The number of rotatable bonds is 4. The van der Waals surface area contributed by atoms with Crippen LogP contribution in [-0.2, 0) is 16.1 Å². The van der Waals surface area contributed by atoms with Gasteiger partial charge in [-0.2, -0.15) is 0 Å². The van der Waals surface area contributed by atoms with E-state index in [4.69, 9.17) is 10.5 Å². The van der Waals surface area contributed by atoms with Crippen molar-refractivity contribution >= 4 is 5.91 Å². The van der Waals surface area contributed by atoms with E-state index in [0.29, 0.717) is 0 Å². The molecular formula is C21H31N3O2. The Hall–Kier alpha value is -1.43. The molecule has 26 heavy (non-hydrogen) atoms. The lowest BCUT2D eigenvalue weighted by Gasteiger charge is -2.65. The molecule has 4 atom stereocenters. The first-order valence-corrected chi connectivity index (χ1v) is 9.90. The van der Waals surface area contributed by atoms with Crippen molar-refractivity contribution < 1.29 is 9.53 Å². The Balaban J connectivity index is 1.36. The van der Waals surface area contributed by atoms with Crippen molar-refractivity contribution in [1.29, 1.82) is 0 Å². The number of nitrogens with zero attached hydrogens (tertiary/aromatic N) is 1. The largest absolute Gasteiger partial charge is 0.377 e. The fourth-order valence-corrected chi connectivity index (χ4v) is 5.28. The van der Waals surface area contributed by atoms with Crippen molar-refractivity contribution in [3.63, 3.8) is 0 Å². The summed E-state index contributed by atoms with van der Waals surface area (Å²) in [5.41, 5.74) is 6.90. The summed E-state index contributed by atoms with van der Waals surface area (Å²) >= 11 is 0. The van der Waals surface area contributed by atoms with E-state index in [9.17, 15) is 4.79 Å². The van der Waals surface area contributed by atoms with E-state index >= 15 is 0 Å². The zero-order valence-electron chi connectivity index (χ0n) is 15.9. The molecule has 0 aromatic heterocycles. The number of nitrogens with two attached hydrogens (primary N) is 1. The van der Waals surface area contributed by atoms with E-state index in [-0.39, 0.29) is 29.4 Å². The molecule has 2 saturated heterocycles. The average molecular weight is 357 g/mol. The van der Waals surface area contributed by atoms with Crippen molar-refractivity contribution in [1.82, 2.24) is 10.2 Å². The predicted molar refractivity (Wildman–Crippen MR) is 101 cm³/mol.